The van der Waals surface area contributed by atoms with Crippen molar-refractivity contribution < 1.29 is 20.1 Å². The molecule has 163 valence electrons. The Balaban J connectivity index is 0.000000172. The van der Waals surface area contributed by atoms with Crippen molar-refractivity contribution in [3.63, 3.8) is 0 Å². The normalized spacial score (nSPS) is 11.2. The van der Waals surface area contributed by atoms with Crippen LogP contribution in [0.2, 0.25) is 0 Å². The topological polar surface area (TPSA) is 25.8 Å². The average molecular weight is 733 g/mol. The largest absolute Gasteiger partial charge is 0.305 e. The Labute approximate surface area is 220 Å². The van der Waals surface area contributed by atoms with Crippen LogP contribution in [0.3, 0.4) is 0 Å². The SMILES string of the molecule is [Ir].[c-]1cc2c(cc1-c1ccccn1)[Se]c1ccccc1[Se]2.[c-]1ccccc1-c1ccccn1. The molecule has 1 aliphatic rings. The van der Waals surface area contributed by atoms with Crippen molar-refractivity contribution >= 4 is 47.8 Å². The predicted octanol–water partition coefficient (Wildman–Crippen LogP) is 2.72. The maximum atomic E-state index is 4.42. The van der Waals surface area contributed by atoms with Crippen LogP contribution in [0.5, 0.6) is 0 Å². The summed E-state index contributed by atoms with van der Waals surface area (Å²) in [5.41, 5.74) is 4.13. The van der Waals surface area contributed by atoms with Crippen LogP contribution in [0, 0.1) is 12.1 Å². The van der Waals surface area contributed by atoms with Crippen LogP contribution < -0.4 is 17.8 Å². The Kier molecular flexibility index (Phi) is 8.42. The fourth-order valence-corrected chi connectivity index (χ4v) is 8.64. The summed E-state index contributed by atoms with van der Waals surface area (Å²) < 4.78 is 6.05. The van der Waals surface area contributed by atoms with Gasteiger partial charge in [0, 0.05) is 26.3 Å². The maximum absolute atomic E-state index is 4.42. The Morgan fingerprint density at radius 1 is 0.545 bits per heavy atom. The van der Waals surface area contributed by atoms with Gasteiger partial charge in [-0.2, -0.15) is 0 Å². The van der Waals surface area contributed by atoms with Crippen LogP contribution in [0.25, 0.3) is 22.5 Å². The number of aromatic nitrogens is 2. The van der Waals surface area contributed by atoms with Crippen LogP contribution in [0.15, 0.2) is 109 Å². The fourth-order valence-electron chi connectivity index (χ4n) is 3.22. The number of benzene rings is 3. The summed E-state index contributed by atoms with van der Waals surface area (Å²) in [6.45, 7) is 0. The molecule has 2 aromatic heterocycles. The molecule has 3 heterocycles. The Bertz CT molecular complexity index is 1280. The molecule has 0 atom stereocenters. The van der Waals surface area contributed by atoms with Gasteiger partial charge < -0.3 is 4.98 Å². The van der Waals surface area contributed by atoms with Crippen molar-refractivity contribution in [2.45, 2.75) is 0 Å². The molecular weight excluding hydrogens is 714 g/mol. The number of hydrogen-bond donors (Lipinski definition) is 0. The first-order valence-electron chi connectivity index (χ1n) is 10.2. The van der Waals surface area contributed by atoms with E-state index in [0.29, 0.717) is 29.9 Å². The van der Waals surface area contributed by atoms with Gasteiger partial charge in [-0.05, 0) is 11.8 Å². The van der Waals surface area contributed by atoms with Crippen molar-refractivity contribution in [3.8, 4) is 22.5 Å². The van der Waals surface area contributed by atoms with E-state index >= 15 is 0 Å². The number of pyridine rings is 2. The summed E-state index contributed by atoms with van der Waals surface area (Å²) in [6.07, 6.45) is 3.63. The first-order valence-corrected chi connectivity index (χ1v) is 13.6. The molecule has 0 spiro atoms. The van der Waals surface area contributed by atoms with Gasteiger partial charge in [-0.3, -0.25) is 0 Å². The first kappa shape index (κ1) is 23.8. The zero-order valence-corrected chi connectivity index (χ0v) is 23.3. The van der Waals surface area contributed by atoms with E-state index in [4.69, 9.17) is 0 Å². The van der Waals surface area contributed by atoms with Crippen LogP contribution in [-0.2, 0) is 20.1 Å². The maximum Gasteiger partial charge on any atom is 0.0160 e. The van der Waals surface area contributed by atoms with Gasteiger partial charge in [0.05, 0.1) is 0 Å². The molecule has 1 radical (unpaired) electrons. The minimum absolute atomic E-state index is 0. The average Bonchev–Trinajstić information content (AvgIpc) is 2.89. The van der Waals surface area contributed by atoms with Crippen molar-refractivity contribution in [2.24, 2.45) is 0 Å². The van der Waals surface area contributed by atoms with Gasteiger partial charge >= 0.3 is 131 Å². The second kappa shape index (κ2) is 11.7. The van der Waals surface area contributed by atoms with Gasteiger partial charge in [0.25, 0.3) is 0 Å². The molecule has 0 aliphatic carbocycles. The summed E-state index contributed by atoms with van der Waals surface area (Å²) in [5.74, 6) is 0. The summed E-state index contributed by atoms with van der Waals surface area (Å²) in [4.78, 5) is 8.64. The van der Waals surface area contributed by atoms with E-state index in [0.717, 1.165) is 22.5 Å². The molecule has 3 aromatic carbocycles. The van der Waals surface area contributed by atoms with E-state index in [2.05, 4.69) is 58.5 Å². The van der Waals surface area contributed by atoms with Crippen molar-refractivity contribution in [3.05, 3.63) is 122 Å². The molecule has 0 saturated carbocycles. The van der Waals surface area contributed by atoms with E-state index in [1.807, 2.05) is 66.9 Å². The zero-order chi connectivity index (χ0) is 21.6. The van der Waals surface area contributed by atoms with Crippen LogP contribution in [-0.4, -0.2) is 39.9 Å². The second-order valence-electron chi connectivity index (χ2n) is 6.93. The zero-order valence-electron chi connectivity index (χ0n) is 17.4. The Morgan fingerprint density at radius 2 is 1.15 bits per heavy atom. The van der Waals surface area contributed by atoms with Crippen molar-refractivity contribution in [1.82, 2.24) is 9.97 Å². The van der Waals surface area contributed by atoms with Crippen LogP contribution in [0.4, 0.5) is 0 Å². The second-order valence-corrected chi connectivity index (χ2v) is 11.5. The molecule has 0 saturated heterocycles. The molecule has 0 bridgehead atoms. The molecule has 5 heteroatoms. The standard InChI is InChI=1S/C17H10NSe2.C11H8N.Ir/c1-2-7-15-14(6-1)19-16-9-8-12(11-17(16)20-15)13-5-3-4-10-18-13;1-2-6-10(7-3-1)11-8-4-5-9-12-11;/h1-7,9-11H;1-6,8-9H;/q2*-1;. The number of rotatable bonds is 2. The van der Waals surface area contributed by atoms with Crippen LogP contribution in [0.1, 0.15) is 0 Å². The Morgan fingerprint density at radius 3 is 1.76 bits per heavy atom. The summed E-state index contributed by atoms with van der Waals surface area (Å²) in [5, 5.41) is 0. The molecule has 2 nitrogen and oxygen atoms in total. The third-order valence-electron chi connectivity index (χ3n) is 4.76. The molecule has 0 N–H and O–H groups in total. The van der Waals surface area contributed by atoms with Gasteiger partial charge in [-0.1, -0.05) is 12.1 Å². The fraction of sp³-hybridized carbons (Fsp3) is 0. The number of hydrogen-bond acceptors (Lipinski definition) is 2. The van der Waals surface area contributed by atoms with Crippen molar-refractivity contribution in [2.75, 3.05) is 0 Å². The predicted molar refractivity (Wildman–Crippen MR) is 134 cm³/mol. The third kappa shape index (κ3) is 5.96. The van der Waals surface area contributed by atoms with E-state index in [-0.39, 0.29) is 20.1 Å². The minimum Gasteiger partial charge on any atom is -0.305 e. The van der Waals surface area contributed by atoms with Crippen molar-refractivity contribution in [1.29, 1.82) is 0 Å². The van der Waals surface area contributed by atoms with Crippen LogP contribution >= 0.6 is 0 Å². The quantitative estimate of drug-likeness (QED) is 0.203. The number of fused-ring (bicyclic) bond motifs is 2. The summed E-state index contributed by atoms with van der Waals surface area (Å²) in [7, 11) is 0. The molecule has 5 aromatic rings. The molecule has 33 heavy (non-hydrogen) atoms. The van der Waals surface area contributed by atoms with Gasteiger partial charge in [0.1, 0.15) is 0 Å². The molecule has 1 aliphatic heterocycles. The van der Waals surface area contributed by atoms with E-state index in [1.54, 1.807) is 6.20 Å². The van der Waals surface area contributed by atoms with Gasteiger partial charge in [-0.15, -0.1) is 35.9 Å². The first-order chi connectivity index (χ1) is 15.9. The number of nitrogens with zero attached hydrogens (tertiary/aromatic N) is 2. The molecule has 0 amide bonds. The van der Waals surface area contributed by atoms with E-state index in [9.17, 15) is 0 Å². The van der Waals surface area contributed by atoms with E-state index < -0.39 is 0 Å². The summed E-state index contributed by atoms with van der Waals surface area (Å²) in [6, 6.07) is 39.6. The molecule has 0 unspecified atom stereocenters. The van der Waals surface area contributed by atoms with Gasteiger partial charge in [0.2, 0.25) is 0 Å². The Hall–Kier alpha value is -2.35. The molecule has 6 rings (SSSR count). The monoisotopic (exact) mass is 735 g/mol. The molecule has 0 fully saturated rings. The third-order valence-corrected chi connectivity index (χ3v) is 10.8. The minimum atomic E-state index is 0. The molecular formula is C28H18IrN2Se2-2. The van der Waals surface area contributed by atoms with Gasteiger partial charge in [-0.25, -0.2) is 0 Å². The van der Waals surface area contributed by atoms with E-state index in [1.165, 1.54) is 17.8 Å². The summed E-state index contributed by atoms with van der Waals surface area (Å²) >= 11 is 0.829. The smallest absolute Gasteiger partial charge is 0.0160 e. The van der Waals surface area contributed by atoms with Gasteiger partial charge in [0.15, 0.2) is 0 Å².